The van der Waals surface area contributed by atoms with Crippen molar-refractivity contribution in [1.82, 2.24) is 60.0 Å². The largest absolute Gasteiger partial charge is 0.459 e. The van der Waals surface area contributed by atoms with Gasteiger partial charge in [0.05, 0.1) is 58.9 Å². The van der Waals surface area contributed by atoms with Crippen molar-refractivity contribution < 1.29 is 76.4 Å². The molecule has 2 fully saturated rings. The first-order valence-corrected chi connectivity index (χ1v) is 42.5. The Labute approximate surface area is 676 Å². The molecular formula is C84H158N12O16. The maximum absolute atomic E-state index is 14.2. The maximum atomic E-state index is 14.2. The minimum absolute atomic E-state index is 0.00357. The van der Waals surface area contributed by atoms with E-state index < -0.39 is 63.5 Å². The van der Waals surface area contributed by atoms with E-state index in [1.807, 2.05) is 164 Å². The Morgan fingerprint density at radius 3 is 0.688 bits per heavy atom. The highest BCUT2D eigenvalue weighted by Gasteiger charge is 2.30. The van der Waals surface area contributed by atoms with Gasteiger partial charge in [-0.25, -0.2) is 0 Å². The number of nitrogens with zero attached hydrogens (tertiary/aromatic N) is 9. The van der Waals surface area contributed by atoms with Gasteiger partial charge in [0, 0.05) is 137 Å². The molecule has 112 heavy (non-hydrogen) atoms. The van der Waals surface area contributed by atoms with Crippen LogP contribution in [0, 0.1) is 0 Å². The number of esters is 6. The molecule has 0 bridgehead atoms. The molecule has 2 rings (SSSR count). The minimum Gasteiger partial charge on any atom is -0.459 e. The number of rotatable bonds is 44. The molecule has 0 atom stereocenters. The lowest BCUT2D eigenvalue weighted by molar-refractivity contribution is -0.158. The van der Waals surface area contributed by atoms with Crippen LogP contribution in [-0.2, 0) is 76.4 Å². The van der Waals surface area contributed by atoms with Crippen LogP contribution in [0.5, 0.6) is 0 Å². The number of carbonyl (C=O) groups excluding carboxylic acids is 10. The highest BCUT2D eigenvalue weighted by atomic mass is 16.6. The third kappa shape index (κ3) is 58.3. The van der Waals surface area contributed by atoms with Gasteiger partial charge in [0.15, 0.2) is 0 Å². The van der Waals surface area contributed by atoms with Gasteiger partial charge in [-0.3, -0.25) is 87.1 Å². The molecule has 0 unspecified atom stereocenters. The summed E-state index contributed by atoms with van der Waals surface area (Å²) >= 11 is 0. The summed E-state index contributed by atoms with van der Waals surface area (Å²) in [5.74, 6) is -3.45. The Morgan fingerprint density at radius 2 is 0.455 bits per heavy atom. The first kappa shape index (κ1) is 102. The predicted octanol–water partition coefficient (Wildman–Crippen LogP) is 8.48. The molecule has 650 valence electrons. The molecule has 0 aliphatic carbocycles. The summed E-state index contributed by atoms with van der Waals surface area (Å²) in [6.45, 7) is 41.8. The number of carbonyl (C=O) groups is 10. The predicted molar refractivity (Wildman–Crippen MR) is 440 cm³/mol. The van der Waals surface area contributed by atoms with E-state index >= 15 is 0 Å². The number of nitrogens with one attached hydrogen (secondary N) is 3. The van der Waals surface area contributed by atoms with Gasteiger partial charge in [-0.15, -0.1) is 0 Å². The van der Waals surface area contributed by atoms with E-state index in [0.717, 1.165) is 19.3 Å². The van der Waals surface area contributed by atoms with E-state index in [2.05, 4.69) is 22.9 Å². The van der Waals surface area contributed by atoms with Crippen molar-refractivity contribution in [3.63, 3.8) is 0 Å². The van der Waals surface area contributed by atoms with E-state index in [4.69, 9.17) is 28.4 Å². The summed E-state index contributed by atoms with van der Waals surface area (Å²) in [6.07, 6.45) is 21.6. The number of ether oxygens (including phenoxy) is 6. The van der Waals surface area contributed by atoms with Gasteiger partial charge in [-0.05, 0) is 144 Å². The molecule has 2 heterocycles. The van der Waals surface area contributed by atoms with Crippen molar-refractivity contribution in [2.75, 3.05) is 190 Å². The average Bonchev–Trinajstić information content (AvgIpc) is 0.885. The topological polar surface area (TPSA) is 291 Å². The molecule has 0 aromatic heterocycles. The summed E-state index contributed by atoms with van der Waals surface area (Å²) in [7, 11) is 0. The van der Waals surface area contributed by atoms with Crippen LogP contribution in [0.4, 0.5) is 0 Å². The molecule has 2 aliphatic rings. The lowest BCUT2D eigenvalue weighted by atomic mass is 10.0. The summed E-state index contributed by atoms with van der Waals surface area (Å²) in [6, 6.07) is 0. The zero-order valence-electron chi connectivity index (χ0n) is 73.7. The van der Waals surface area contributed by atoms with E-state index in [1.165, 1.54) is 88.4 Å². The van der Waals surface area contributed by atoms with Crippen LogP contribution in [0.15, 0.2) is 0 Å². The summed E-state index contributed by atoms with van der Waals surface area (Å²) < 4.78 is 34.3. The molecule has 0 saturated carbocycles. The van der Waals surface area contributed by atoms with Crippen molar-refractivity contribution in [2.45, 2.75) is 294 Å². The summed E-state index contributed by atoms with van der Waals surface area (Å²) in [5.41, 5.74) is -4.24. The fourth-order valence-corrected chi connectivity index (χ4v) is 13.0. The third-order valence-electron chi connectivity index (χ3n) is 18.4. The van der Waals surface area contributed by atoms with Gasteiger partial charge in [-0.2, -0.15) is 0 Å². The molecule has 4 amide bonds. The minimum atomic E-state index is -0.722. The monoisotopic (exact) mass is 1590 g/mol. The normalized spacial score (nSPS) is 16.5. The number of amides is 4. The third-order valence-corrected chi connectivity index (χ3v) is 18.4. The Bertz CT molecular complexity index is 2640. The van der Waals surface area contributed by atoms with Gasteiger partial charge >= 0.3 is 35.8 Å². The quantitative estimate of drug-likeness (QED) is 0.0293. The lowest BCUT2D eigenvalue weighted by Gasteiger charge is -2.34. The molecule has 0 radical (unpaired) electrons. The van der Waals surface area contributed by atoms with E-state index in [9.17, 15) is 47.9 Å². The van der Waals surface area contributed by atoms with Crippen molar-refractivity contribution in [1.29, 1.82) is 0 Å². The van der Waals surface area contributed by atoms with Gasteiger partial charge in [-0.1, -0.05) is 110 Å². The molecular weight excluding hydrogens is 1430 g/mol. The van der Waals surface area contributed by atoms with E-state index in [0.29, 0.717) is 137 Å². The molecule has 2 saturated heterocycles. The van der Waals surface area contributed by atoms with Gasteiger partial charge < -0.3 is 49.3 Å². The first-order valence-electron chi connectivity index (χ1n) is 42.5. The Morgan fingerprint density at radius 1 is 0.259 bits per heavy atom. The second-order valence-electron chi connectivity index (χ2n) is 36.7. The number of hydrogen-bond donors (Lipinski definition) is 3. The number of hydrogen-bond acceptors (Lipinski definition) is 24. The van der Waals surface area contributed by atoms with Crippen LogP contribution in [-0.4, -0.2) is 327 Å². The first-order chi connectivity index (χ1) is 52.3. The molecule has 28 heteroatoms. The van der Waals surface area contributed by atoms with Crippen molar-refractivity contribution in [3.8, 4) is 0 Å². The zero-order valence-corrected chi connectivity index (χ0v) is 73.7. The summed E-state index contributed by atoms with van der Waals surface area (Å²) in [5, 5.41) is 9.12. The van der Waals surface area contributed by atoms with Crippen LogP contribution in [0.1, 0.15) is 260 Å². The molecule has 3 N–H and O–H groups in total. The Hall–Kier alpha value is -5.62. The van der Waals surface area contributed by atoms with Crippen molar-refractivity contribution in [2.24, 2.45) is 0 Å². The van der Waals surface area contributed by atoms with Crippen LogP contribution >= 0.6 is 0 Å². The van der Waals surface area contributed by atoms with Gasteiger partial charge in [0.2, 0.25) is 23.6 Å². The average molecular weight is 1590 g/mol. The van der Waals surface area contributed by atoms with E-state index in [-0.39, 0.29) is 108 Å². The fourth-order valence-electron chi connectivity index (χ4n) is 13.0. The Kier molecular flexibility index (Phi) is 49.7. The summed E-state index contributed by atoms with van der Waals surface area (Å²) in [4.78, 5) is 153. The van der Waals surface area contributed by atoms with Crippen molar-refractivity contribution >= 4 is 59.4 Å². The molecule has 0 spiro atoms. The second-order valence-corrected chi connectivity index (χ2v) is 36.7. The van der Waals surface area contributed by atoms with Crippen LogP contribution in [0.25, 0.3) is 0 Å². The van der Waals surface area contributed by atoms with E-state index in [1.54, 1.807) is 0 Å². The fraction of sp³-hybridized carbons (Fsp3) is 0.881. The Balaban J connectivity index is 2.28. The van der Waals surface area contributed by atoms with Crippen LogP contribution in [0.3, 0.4) is 0 Å². The van der Waals surface area contributed by atoms with Crippen molar-refractivity contribution in [3.05, 3.63) is 0 Å². The molecule has 28 nitrogen and oxygen atoms in total. The molecule has 0 aromatic carbocycles. The van der Waals surface area contributed by atoms with Crippen LogP contribution in [0.2, 0.25) is 0 Å². The van der Waals surface area contributed by atoms with Crippen LogP contribution < -0.4 is 16.0 Å². The SMILES string of the molecule is CCCCCCCCCCCCCCCCCCNC(=O)CN(CCNC(=O)CN1CCN(CC(=O)OC(C)(C)C)CCN(CC(=O)OC(C)(C)C)CCN(CC(=O)OC(C)(C)C)CC1)C(=O)CCCCCNC(=O)CN1CCN(CC(=O)OC(C)(C)C)CCN(CC(=O)OC(C)(C)C)CCN(CC(=O)OC(C)(C)C)CC1. The van der Waals surface area contributed by atoms with Gasteiger partial charge in [0.1, 0.15) is 33.6 Å². The smallest absolute Gasteiger partial charge is 0.320 e. The molecule has 0 aromatic rings. The number of unbranched alkanes of at least 4 members (excludes halogenated alkanes) is 17. The highest BCUT2D eigenvalue weighted by molar-refractivity contribution is 5.85. The lowest BCUT2D eigenvalue weighted by Crippen LogP contribution is -2.51. The standard InChI is InChI=1S/C84H158N12O16/c1-20-21-22-23-24-25-26-27-28-29-30-31-32-33-34-37-40-86-71(99)62-96(43-42-87-70(98)61-89-46-50-92(65-75(103)109-81(8,9)10)54-58-95(68-78(106)112-84(17,18)19)59-55-93(51-47-89)66-76(104)110-82(11,12)13)72(100)39-36-35-38-41-85-69(97)60-88-44-48-90(63-73(101)107-79(2,3)4)52-56-94(67-77(105)111-83(14,15)16)57-53-91(49-45-88)64-74(102)108-80(5,6)7/h20-68H2,1-19H3,(H,85,97)(H,86,99)(H,87,98). The highest BCUT2D eigenvalue weighted by Crippen LogP contribution is 2.18. The maximum Gasteiger partial charge on any atom is 0.320 e. The second kappa shape index (κ2) is 54.3. The molecule has 2 aliphatic heterocycles. The zero-order chi connectivity index (χ0) is 84.0. The van der Waals surface area contributed by atoms with Gasteiger partial charge in [0.25, 0.3) is 0 Å².